The molecule has 0 aromatic heterocycles. The largest absolute Gasteiger partial charge is 0.373 e. The summed E-state index contributed by atoms with van der Waals surface area (Å²) in [7, 11) is 0. The molecule has 0 aliphatic carbocycles. The van der Waals surface area contributed by atoms with Crippen molar-refractivity contribution in [1.29, 1.82) is 0 Å². The van der Waals surface area contributed by atoms with Gasteiger partial charge in [0.15, 0.2) is 0 Å². The van der Waals surface area contributed by atoms with Crippen LogP contribution in [-0.4, -0.2) is 4.92 Å². The van der Waals surface area contributed by atoms with Crippen molar-refractivity contribution in [3.63, 3.8) is 0 Å². The highest BCUT2D eigenvalue weighted by Gasteiger charge is 2.19. The van der Waals surface area contributed by atoms with Crippen molar-refractivity contribution in [3.05, 3.63) is 68.5 Å². The van der Waals surface area contributed by atoms with Crippen LogP contribution in [0.25, 0.3) is 0 Å². The Kier molecular flexibility index (Phi) is 4.43. The smallest absolute Gasteiger partial charge is 0.295 e. The first-order valence-electron chi connectivity index (χ1n) is 6.35. The SMILES string of the molecule is Cc1cc(NC(C)c2cccc(Cl)c2)c([N+](=O)[O-])cc1F. The Labute approximate surface area is 126 Å². The topological polar surface area (TPSA) is 55.2 Å². The normalized spacial score (nSPS) is 12.0. The monoisotopic (exact) mass is 308 g/mol. The Morgan fingerprint density at radius 1 is 1.33 bits per heavy atom. The lowest BCUT2D eigenvalue weighted by molar-refractivity contribution is -0.384. The van der Waals surface area contributed by atoms with Gasteiger partial charge in [-0.3, -0.25) is 10.1 Å². The number of nitrogens with one attached hydrogen (secondary N) is 1. The molecule has 2 aromatic rings. The number of hydrogen-bond donors (Lipinski definition) is 1. The van der Waals surface area contributed by atoms with E-state index in [4.69, 9.17) is 11.6 Å². The van der Waals surface area contributed by atoms with E-state index in [0.717, 1.165) is 11.6 Å². The van der Waals surface area contributed by atoms with E-state index >= 15 is 0 Å². The highest BCUT2D eigenvalue weighted by atomic mass is 35.5. The molecule has 0 heterocycles. The molecule has 0 amide bonds. The Hall–Kier alpha value is -2.14. The van der Waals surface area contributed by atoms with Gasteiger partial charge in [-0.1, -0.05) is 23.7 Å². The molecular formula is C15H14ClFN2O2. The van der Waals surface area contributed by atoms with Gasteiger partial charge in [-0.2, -0.15) is 0 Å². The van der Waals surface area contributed by atoms with Crippen LogP contribution >= 0.6 is 11.6 Å². The van der Waals surface area contributed by atoms with Gasteiger partial charge < -0.3 is 5.32 Å². The van der Waals surface area contributed by atoms with Crippen molar-refractivity contribution in [2.45, 2.75) is 19.9 Å². The third-order valence-electron chi connectivity index (χ3n) is 3.19. The van der Waals surface area contributed by atoms with Crippen LogP contribution in [0, 0.1) is 22.9 Å². The molecule has 0 radical (unpaired) electrons. The van der Waals surface area contributed by atoms with Crippen molar-refractivity contribution in [1.82, 2.24) is 0 Å². The van der Waals surface area contributed by atoms with E-state index in [1.807, 2.05) is 13.0 Å². The summed E-state index contributed by atoms with van der Waals surface area (Å²) in [6.45, 7) is 3.42. The van der Waals surface area contributed by atoms with Gasteiger partial charge in [-0.15, -0.1) is 0 Å². The molecule has 0 bridgehead atoms. The number of nitro groups is 1. The lowest BCUT2D eigenvalue weighted by Crippen LogP contribution is -2.09. The third kappa shape index (κ3) is 3.49. The van der Waals surface area contributed by atoms with Gasteiger partial charge >= 0.3 is 0 Å². The molecule has 0 spiro atoms. The molecule has 4 nitrogen and oxygen atoms in total. The second-order valence-corrected chi connectivity index (χ2v) is 5.23. The van der Waals surface area contributed by atoms with Gasteiger partial charge in [0.05, 0.1) is 11.0 Å². The minimum Gasteiger partial charge on any atom is -0.373 e. The highest BCUT2D eigenvalue weighted by molar-refractivity contribution is 6.30. The van der Waals surface area contributed by atoms with Crippen LogP contribution in [0.4, 0.5) is 15.8 Å². The molecule has 0 aliphatic heterocycles. The van der Waals surface area contributed by atoms with E-state index in [-0.39, 0.29) is 17.4 Å². The summed E-state index contributed by atoms with van der Waals surface area (Å²) in [6, 6.07) is 9.37. The summed E-state index contributed by atoms with van der Waals surface area (Å²) in [4.78, 5) is 10.4. The van der Waals surface area contributed by atoms with Crippen LogP contribution in [0.5, 0.6) is 0 Å². The molecule has 21 heavy (non-hydrogen) atoms. The fraction of sp³-hybridized carbons (Fsp3) is 0.200. The summed E-state index contributed by atoms with van der Waals surface area (Å²) < 4.78 is 13.5. The van der Waals surface area contributed by atoms with Crippen molar-refractivity contribution in [2.24, 2.45) is 0 Å². The minimum absolute atomic E-state index is 0.202. The van der Waals surface area contributed by atoms with Crippen LogP contribution in [0.1, 0.15) is 24.1 Å². The predicted molar refractivity (Wildman–Crippen MR) is 81.3 cm³/mol. The molecule has 0 aliphatic rings. The maximum absolute atomic E-state index is 13.5. The molecule has 0 saturated heterocycles. The van der Waals surface area contributed by atoms with Gasteiger partial charge in [0.2, 0.25) is 0 Å². The number of halogens is 2. The molecule has 6 heteroatoms. The fourth-order valence-corrected chi connectivity index (χ4v) is 2.23. The molecule has 2 aromatic carbocycles. The zero-order chi connectivity index (χ0) is 15.6. The second-order valence-electron chi connectivity index (χ2n) is 4.80. The zero-order valence-corrected chi connectivity index (χ0v) is 12.3. The molecule has 0 saturated carbocycles. The van der Waals surface area contributed by atoms with Gasteiger partial charge in [0, 0.05) is 11.1 Å². The van der Waals surface area contributed by atoms with Crippen molar-refractivity contribution in [2.75, 3.05) is 5.32 Å². The van der Waals surface area contributed by atoms with Gasteiger partial charge in [0.1, 0.15) is 11.5 Å². The number of benzene rings is 2. The van der Waals surface area contributed by atoms with E-state index in [1.54, 1.807) is 25.1 Å². The van der Waals surface area contributed by atoms with Crippen molar-refractivity contribution < 1.29 is 9.31 Å². The van der Waals surface area contributed by atoms with E-state index in [0.29, 0.717) is 10.6 Å². The molecule has 1 N–H and O–H groups in total. The number of hydrogen-bond acceptors (Lipinski definition) is 3. The van der Waals surface area contributed by atoms with Crippen molar-refractivity contribution in [3.8, 4) is 0 Å². The number of nitro benzene ring substituents is 1. The summed E-state index contributed by atoms with van der Waals surface area (Å²) >= 11 is 5.93. The first-order chi connectivity index (χ1) is 9.88. The first kappa shape index (κ1) is 15.3. The van der Waals surface area contributed by atoms with Crippen LogP contribution in [0.15, 0.2) is 36.4 Å². The molecule has 1 atom stereocenters. The third-order valence-corrected chi connectivity index (χ3v) is 3.43. The van der Waals surface area contributed by atoms with Gasteiger partial charge in [0.25, 0.3) is 5.69 Å². The van der Waals surface area contributed by atoms with Gasteiger partial charge in [-0.05, 0) is 43.2 Å². The lowest BCUT2D eigenvalue weighted by atomic mass is 10.1. The number of rotatable bonds is 4. The molecule has 0 fully saturated rings. The van der Waals surface area contributed by atoms with Crippen LogP contribution in [0.3, 0.4) is 0 Å². The maximum atomic E-state index is 13.5. The van der Waals surface area contributed by atoms with Crippen molar-refractivity contribution >= 4 is 23.0 Å². The number of aryl methyl sites for hydroxylation is 1. The van der Waals surface area contributed by atoms with Crippen LogP contribution in [-0.2, 0) is 0 Å². The minimum atomic E-state index is -0.602. The highest BCUT2D eigenvalue weighted by Crippen LogP contribution is 2.31. The molecule has 2 rings (SSSR count). The Balaban J connectivity index is 2.34. The standard InChI is InChI=1S/C15H14ClFN2O2/c1-9-6-14(15(19(20)21)8-13(9)17)18-10(2)11-4-3-5-12(16)7-11/h3-8,10,18H,1-2H3. The fourth-order valence-electron chi connectivity index (χ4n) is 2.03. The van der Waals surface area contributed by atoms with Crippen LogP contribution in [0.2, 0.25) is 5.02 Å². The van der Waals surface area contributed by atoms with E-state index < -0.39 is 10.7 Å². The predicted octanol–water partition coefficient (Wildman–Crippen LogP) is 4.87. The van der Waals surface area contributed by atoms with E-state index in [9.17, 15) is 14.5 Å². The average Bonchev–Trinajstić information content (AvgIpc) is 2.42. The second kappa shape index (κ2) is 6.10. The first-order valence-corrected chi connectivity index (χ1v) is 6.73. The summed E-state index contributed by atoms with van der Waals surface area (Å²) in [6.07, 6.45) is 0. The van der Waals surface area contributed by atoms with E-state index in [2.05, 4.69) is 5.32 Å². The summed E-state index contributed by atoms with van der Waals surface area (Å²) in [5.41, 5.74) is 1.23. The molecule has 110 valence electrons. The van der Waals surface area contributed by atoms with E-state index in [1.165, 1.54) is 6.07 Å². The number of anilines is 1. The zero-order valence-electron chi connectivity index (χ0n) is 11.6. The molecular weight excluding hydrogens is 295 g/mol. The number of nitrogens with zero attached hydrogens (tertiary/aromatic N) is 1. The average molecular weight is 309 g/mol. The quantitative estimate of drug-likeness (QED) is 0.647. The molecule has 1 unspecified atom stereocenters. The van der Waals surface area contributed by atoms with Crippen LogP contribution < -0.4 is 5.32 Å². The Morgan fingerprint density at radius 2 is 2.05 bits per heavy atom. The van der Waals surface area contributed by atoms with Gasteiger partial charge in [-0.25, -0.2) is 4.39 Å². The Morgan fingerprint density at radius 3 is 2.67 bits per heavy atom. The summed E-state index contributed by atoms with van der Waals surface area (Å²) in [5, 5.41) is 14.7. The Bertz CT molecular complexity index is 691. The summed E-state index contributed by atoms with van der Waals surface area (Å²) in [5.74, 6) is -0.595. The lowest BCUT2D eigenvalue weighted by Gasteiger charge is -2.16. The maximum Gasteiger partial charge on any atom is 0.295 e.